The molecule has 1 aromatic rings. The van der Waals surface area contributed by atoms with E-state index in [2.05, 4.69) is 0 Å². The molecular formula is C10H13NO3S3. The Morgan fingerprint density at radius 2 is 2.18 bits per heavy atom. The molecule has 0 aromatic heterocycles. The van der Waals surface area contributed by atoms with Crippen LogP contribution in [0, 0.1) is 0 Å². The quantitative estimate of drug-likeness (QED) is 0.856. The van der Waals surface area contributed by atoms with Crippen LogP contribution in [-0.2, 0) is 16.3 Å². The smallest absolute Gasteiger partial charge is 0.179 e. The Morgan fingerprint density at radius 3 is 2.76 bits per heavy atom. The van der Waals surface area contributed by atoms with Gasteiger partial charge in [-0.05, 0) is 35.4 Å². The van der Waals surface area contributed by atoms with Crippen molar-refractivity contribution in [2.24, 2.45) is 5.73 Å². The third kappa shape index (κ3) is 2.29. The average molecular weight is 291 g/mol. The molecule has 2 rings (SSSR count). The van der Waals surface area contributed by atoms with Crippen molar-refractivity contribution in [2.75, 3.05) is 20.8 Å². The maximum Gasteiger partial charge on any atom is 0.179 e. The highest BCUT2D eigenvalue weighted by Gasteiger charge is 2.30. The Morgan fingerprint density at radius 1 is 1.41 bits per heavy atom. The van der Waals surface area contributed by atoms with Gasteiger partial charge in [-0.2, -0.15) is 0 Å². The van der Waals surface area contributed by atoms with E-state index in [0.717, 1.165) is 21.8 Å². The zero-order valence-electron chi connectivity index (χ0n) is 9.52. The summed E-state index contributed by atoms with van der Waals surface area (Å²) < 4.78 is 22.5. The molecule has 0 spiro atoms. The molecule has 1 atom stereocenters. The minimum absolute atomic E-state index is 0.555. The highest BCUT2D eigenvalue weighted by atomic mass is 33.5. The molecule has 1 aliphatic rings. The number of rotatable bonds is 4. The first-order valence-corrected chi connectivity index (χ1v) is 8.79. The second kappa shape index (κ2) is 5.51. The van der Waals surface area contributed by atoms with Crippen LogP contribution in [0.5, 0.6) is 11.5 Å². The molecule has 0 saturated carbocycles. The number of benzene rings is 1. The zero-order valence-corrected chi connectivity index (χ0v) is 12.0. The summed E-state index contributed by atoms with van der Waals surface area (Å²) >= 11 is 0. The highest BCUT2D eigenvalue weighted by molar-refractivity contribution is 9.06. The number of fused-ring (bicyclic) bond motifs is 1. The Labute approximate surface area is 110 Å². The molecule has 1 heterocycles. The molecule has 0 fully saturated rings. The van der Waals surface area contributed by atoms with Crippen LogP contribution in [0.15, 0.2) is 15.9 Å². The fourth-order valence-electron chi connectivity index (χ4n) is 1.68. The van der Waals surface area contributed by atoms with Crippen molar-refractivity contribution in [1.29, 1.82) is 0 Å². The Hall–Kier alpha value is -0.370. The van der Waals surface area contributed by atoms with Gasteiger partial charge in [0.2, 0.25) is 0 Å². The molecule has 0 saturated heterocycles. The van der Waals surface area contributed by atoms with Gasteiger partial charge in [0.1, 0.15) is 14.7 Å². The van der Waals surface area contributed by atoms with E-state index in [1.54, 1.807) is 14.2 Å². The lowest BCUT2D eigenvalue weighted by atomic mass is 10.1. The van der Waals surface area contributed by atoms with E-state index in [-0.39, 0.29) is 0 Å². The van der Waals surface area contributed by atoms with Gasteiger partial charge in [0.15, 0.2) is 11.5 Å². The van der Waals surface area contributed by atoms with Crippen LogP contribution in [0.4, 0.5) is 0 Å². The van der Waals surface area contributed by atoms with Crippen LogP contribution in [0.2, 0.25) is 0 Å². The molecule has 0 aliphatic carbocycles. The summed E-state index contributed by atoms with van der Waals surface area (Å²) in [5, 5.41) is 0. The molecule has 0 bridgehead atoms. The van der Waals surface area contributed by atoms with Crippen LogP contribution >= 0.6 is 20.6 Å². The summed E-state index contributed by atoms with van der Waals surface area (Å²) in [4.78, 5) is 1.74. The molecule has 1 aliphatic heterocycles. The summed E-state index contributed by atoms with van der Waals surface area (Å²) in [5.74, 6) is 1.19. The molecule has 1 unspecified atom stereocenters. The Balaban J connectivity index is 2.63. The fourth-order valence-corrected chi connectivity index (χ4v) is 7.02. The maximum absolute atomic E-state index is 12.0. The van der Waals surface area contributed by atoms with Crippen molar-refractivity contribution in [3.63, 3.8) is 0 Å². The summed E-state index contributed by atoms with van der Waals surface area (Å²) in [5.41, 5.74) is 6.66. The first kappa shape index (κ1) is 13.1. The molecular weight excluding hydrogens is 278 g/mol. The molecule has 17 heavy (non-hydrogen) atoms. The monoisotopic (exact) mass is 291 g/mol. The predicted molar refractivity (Wildman–Crippen MR) is 72.2 cm³/mol. The van der Waals surface area contributed by atoms with Crippen LogP contribution in [0.25, 0.3) is 0 Å². The molecule has 4 nitrogen and oxygen atoms in total. The third-order valence-electron chi connectivity index (χ3n) is 2.42. The SMILES string of the molecule is COc1cc(CCN)c2c(c1OC)S(=O)SS2. The Bertz CT molecular complexity index is 465. The highest BCUT2D eigenvalue weighted by Crippen LogP contribution is 2.55. The van der Waals surface area contributed by atoms with Gasteiger partial charge in [0.25, 0.3) is 0 Å². The van der Waals surface area contributed by atoms with Crippen LogP contribution < -0.4 is 15.2 Å². The van der Waals surface area contributed by atoms with E-state index in [1.807, 2.05) is 6.07 Å². The fraction of sp³-hybridized carbons (Fsp3) is 0.400. The van der Waals surface area contributed by atoms with Crippen LogP contribution in [0.1, 0.15) is 5.56 Å². The number of hydrogen-bond donors (Lipinski definition) is 1. The van der Waals surface area contributed by atoms with Gasteiger partial charge in [-0.3, -0.25) is 0 Å². The second-order valence-electron chi connectivity index (χ2n) is 3.35. The molecule has 2 N–H and O–H groups in total. The lowest BCUT2D eigenvalue weighted by Crippen LogP contribution is -2.05. The van der Waals surface area contributed by atoms with Crippen molar-refractivity contribution >= 4 is 30.5 Å². The lowest BCUT2D eigenvalue weighted by Gasteiger charge is -2.13. The maximum atomic E-state index is 12.0. The van der Waals surface area contributed by atoms with E-state index in [0.29, 0.717) is 18.0 Å². The number of nitrogens with two attached hydrogens (primary N) is 1. The number of ether oxygens (including phenoxy) is 2. The summed E-state index contributed by atoms with van der Waals surface area (Å²) in [6, 6.07) is 1.92. The van der Waals surface area contributed by atoms with Crippen molar-refractivity contribution < 1.29 is 13.7 Å². The molecule has 0 radical (unpaired) electrons. The van der Waals surface area contributed by atoms with E-state index < -0.39 is 9.83 Å². The predicted octanol–water partition coefficient (Wildman–Crippen LogP) is 1.98. The van der Waals surface area contributed by atoms with Crippen LogP contribution in [-0.4, -0.2) is 25.0 Å². The van der Waals surface area contributed by atoms with Gasteiger partial charge in [0, 0.05) is 14.7 Å². The van der Waals surface area contributed by atoms with Crippen molar-refractivity contribution in [3.05, 3.63) is 11.6 Å². The van der Waals surface area contributed by atoms with Gasteiger partial charge in [-0.15, -0.1) is 0 Å². The van der Waals surface area contributed by atoms with Gasteiger partial charge in [-0.1, -0.05) is 0 Å². The standard InChI is InChI=1S/C10H13NO3S3/c1-13-7-5-6(3-4-11)9-10(8(7)14-2)17(12)16-15-9/h5H,3-4,11H2,1-2H3. The largest absolute Gasteiger partial charge is 0.493 e. The van der Waals surface area contributed by atoms with Gasteiger partial charge in [-0.25, -0.2) is 4.21 Å². The van der Waals surface area contributed by atoms with Gasteiger partial charge < -0.3 is 15.2 Å². The minimum atomic E-state index is -1.10. The van der Waals surface area contributed by atoms with Crippen LogP contribution in [0.3, 0.4) is 0 Å². The van der Waals surface area contributed by atoms with Crippen molar-refractivity contribution in [3.8, 4) is 11.5 Å². The summed E-state index contributed by atoms with van der Waals surface area (Å²) in [6.45, 7) is 0.555. The van der Waals surface area contributed by atoms with Crippen molar-refractivity contribution in [2.45, 2.75) is 16.2 Å². The topological polar surface area (TPSA) is 61.6 Å². The summed E-state index contributed by atoms with van der Waals surface area (Å²) in [7, 11) is 4.88. The van der Waals surface area contributed by atoms with Gasteiger partial charge in [0.05, 0.1) is 14.2 Å². The van der Waals surface area contributed by atoms with E-state index in [9.17, 15) is 4.21 Å². The summed E-state index contributed by atoms with van der Waals surface area (Å²) in [6.07, 6.45) is 0.743. The van der Waals surface area contributed by atoms with Gasteiger partial charge >= 0.3 is 0 Å². The van der Waals surface area contributed by atoms with E-state index in [1.165, 1.54) is 20.6 Å². The molecule has 94 valence electrons. The molecule has 7 heteroatoms. The normalized spacial score (nSPS) is 17.9. The first-order chi connectivity index (χ1) is 8.22. The average Bonchev–Trinajstić information content (AvgIpc) is 2.72. The zero-order chi connectivity index (χ0) is 12.4. The third-order valence-corrected chi connectivity index (χ3v) is 7.39. The number of hydrogen-bond acceptors (Lipinski definition) is 6. The minimum Gasteiger partial charge on any atom is -0.493 e. The van der Waals surface area contributed by atoms with Crippen molar-refractivity contribution in [1.82, 2.24) is 0 Å². The molecule has 1 aromatic carbocycles. The Kier molecular flexibility index (Phi) is 4.24. The van der Waals surface area contributed by atoms with E-state index in [4.69, 9.17) is 15.2 Å². The lowest BCUT2D eigenvalue weighted by molar-refractivity contribution is 0.345. The van der Waals surface area contributed by atoms with E-state index >= 15 is 0 Å². The molecule has 0 amide bonds. The second-order valence-corrected chi connectivity index (χ2v) is 7.98. The number of methoxy groups -OCH3 is 2. The first-order valence-electron chi connectivity index (χ1n) is 4.97.